The van der Waals surface area contributed by atoms with E-state index in [2.05, 4.69) is 10.4 Å². The molecule has 0 radical (unpaired) electrons. The van der Waals surface area contributed by atoms with E-state index in [4.69, 9.17) is 11.6 Å². The van der Waals surface area contributed by atoms with Crippen molar-refractivity contribution in [2.75, 3.05) is 14.1 Å². The predicted molar refractivity (Wildman–Crippen MR) is 119 cm³/mol. The topological polar surface area (TPSA) is 67.2 Å². The zero-order valence-corrected chi connectivity index (χ0v) is 18.2. The largest absolute Gasteiger partial charge is 0.355 e. The van der Waals surface area contributed by atoms with Gasteiger partial charge in [-0.05, 0) is 55.0 Å². The lowest BCUT2D eigenvalue weighted by Gasteiger charge is -2.15. The molecule has 160 valence electrons. The van der Waals surface area contributed by atoms with Crippen LogP contribution in [-0.2, 0) is 11.3 Å². The van der Waals surface area contributed by atoms with Gasteiger partial charge in [0.15, 0.2) is 0 Å². The number of amides is 2. The summed E-state index contributed by atoms with van der Waals surface area (Å²) in [5, 5.41) is 7.29. The molecule has 1 N–H and O–H groups in total. The van der Waals surface area contributed by atoms with Gasteiger partial charge in [-0.15, -0.1) is 0 Å². The number of benzene rings is 2. The first-order valence-corrected chi connectivity index (χ1v) is 9.93. The number of nitrogens with one attached hydrogen (secondary N) is 1. The Morgan fingerprint density at radius 1 is 1.16 bits per heavy atom. The van der Waals surface area contributed by atoms with Crippen LogP contribution in [0.15, 0.2) is 54.6 Å². The minimum atomic E-state index is -0.347. The minimum Gasteiger partial charge on any atom is -0.355 e. The van der Waals surface area contributed by atoms with Gasteiger partial charge in [0.25, 0.3) is 5.91 Å². The molecule has 0 aliphatic carbocycles. The van der Waals surface area contributed by atoms with E-state index < -0.39 is 0 Å². The van der Waals surface area contributed by atoms with Crippen molar-refractivity contribution in [3.05, 3.63) is 88.0 Å². The second-order valence-electron chi connectivity index (χ2n) is 6.98. The van der Waals surface area contributed by atoms with Crippen molar-refractivity contribution in [1.82, 2.24) is 20.0 Å². The van der Waals surface area contributed by atoms with E-state index in [9.17, 15) is 14.0 Å². The van der Waals surface area contributed by atoms with Gasteiger partial charge in [0.2, 0.25) is 5.91 Å². The average Bonchev–Trinajstić information content (AvgIpc) is 3.05. The Morgan fingerprint density at radius 2 is 1.81 bits per heavy atom. The lowest BCUT2D eigenvalue weighted by molar-refractivity contribution is -0.125. The molecule has 0 bridgehead atoms. The Balaban J connectivity index is 1.70. The minimum absolute atomic E-state index is 0.160. The molecule has 2 aromatic carbocycles. The fourth-order valence-corrected chi connectivity index (χ4v) is 3.33. The summed E-state index contributed by atoms with van der Waals surface area (Å²) in [6, 6.07) is 12.9. The Bertz CT molecular complexity index is 1120. The maximum absolute atomic E-state index is 13.2. The number of aryl methyl sites for hydroxylation is 1. The fraction of sp³-hybridized carbons (Fsp3) is 0.174. The van der Waals surface area contributed by atoms with Gasteiger partial charge >= 0.3 is 0 Å². The molecule has 0 fully saturated rings. The summed E-state index contributed by atoms with van der Waals surface area (Å²) in [6.07, 6.45) is 3.06. The van der Waals surface area contributed by atoms with Gasteiger partial charge in [-0.1, -0.05) is 23.7 Å². The van der Waals surface area contributed by atoms with Crippen LogP contribution in [0.1, 0.15) is 27.2 Å². The third kappa shape index (κ3) is 5.19. The second-order valence-corrected chi connectivity index (χ2v) is 7.34. The van der Waals surface area contributed by atoms with E-state index in [0.717, 1.165) is 5.56 Å². The van der Waals surface area contributed by atoms with Gasteiger partial charge < -0.3 is 10.2 Å². The van der Waals surface area contributed by atoms with Crippen LogP contribution >= 0.6 is 11.6 Å². The third-order valence-corrected chi connectivity index (χ3v) is 5.11. The fourth-order valence-electron chi connectivity index (χ4n) is 2.99. The molecular formula is C23H22ClFN4O2. The summed E-state index contributed by atoms with van der Waals surface area (Å²) in [4.78, 5) is 25.7. The molecule has 1 aromatic heterocycles. The number of hydrogen-bond acceptors (Lipinski definition) is 3. The standard InChI is InChI=1S/C23H22ClFN4O2/c1-15-20(22(24)29(27-15)19-10-8-18(25)9-11-19)12-13-21(30)28(3)14-16-4-6-17(7-5-16)23(31)26-2/h4-13H,14H2,1-3H3,(H,26,31)/b13-12+. The molecule has 0 atom stereocenters. The highest BCUT2D eigenvalue weighted by Crippen LogP contribution is 2.25. The smallest absolute Gasteiger partial charge is 0.251 e. The number of carbonyl (C=O) groups is 2. The molecular weight excluding hydrogens is 419 g/mol. The lowest BCUT2D eigenvalue weighted by Crippen LogP contribution is -2.24. The molecule has 2 amide bonds. The van der Waals surface area contributed by atoms with Crippen molar-refractivity contribution >= 4 is 29.5 Å². The average molecular weight is 441 g/mol. The van der Waals surface area contributed by atoms with Gasteiger partial charge in [-0.3, -0.25) is 9.59 Å². The Labute approximate surface area is 184 Å². The number of likely N-dealkylation sites (N-methyl/N-ethyl adjacent to an activating group) is 1. The van der Waals surface area contributed by atoms with Crippen LogP contribution in [0.3, 0.4) is 0 Å². The lowest BCUT2D eigenvalue weighted by atomic mass is 10.1. The summed E-state index contributed by atoms with van der Waals surface area (Å²) in [5.41, 5.74) is 3.34. The summed E-state index contributed by atoms with van der Waals surface area (Å²) in [5.74, 6) is -0.714. The summed E-state index contributed by atoms with van der Waals surface area (Å²) < 4.78 is 14.7. The monoisotopic (exact) mass is 440 g/mol. The number of hydrogen-bond donors (Lipinski definition) is 1. The first kappa shape index (κ1) is 22.2. The highest BCUT2D eigenvalue weighted by molar-refractivity contribution is 6.31. The molecule has 0 aliphatic heterocycles. The number of halogens is 2. The summed E-state index contributed by atoms with van der Waals surface area (Å²) in [6.45, 7) is 2.17. The summed E-state index contributed by atoms with van der Waals surface area (Å²) >= 11 is 6.45. The molecule has 31 heavy (non-hydrogen) atoms. The molecule has 3 rings (SSSR count). The van der Waals surface area contributed by atoms with Crippen molar-refractivity contribution in [3.63, 3.8) is 0 Å². The van der Waals surface area contributed by atoms with E-state index in [1.165, 1.54) is 22.9 Å². The van der Waals surface area contributed by atoms with Gasteiger partial charge in [-0.25, -0.2) is 9.07 Å². The van der Waals surface area contributed by atoms with E-state index in [-0.39, 0.29) is 17.6 Å². The molecule has 1 heterocycles. The number of carbonyl (C=O) groups excluding carboxylic acids is 2. The quantitative estimate of drug-likeness (QED) is 0.589. The number of rotatable bonds is 6. The first-order valence-electron chi connectivity index (χ1n) is 9.55. The van der Waals surface area contributed by atoms with Crippen LogP contribution in [0, 0.1) is 12.7 Å². The Morgan fingerprint density at radius 3 is 2.42 bits per heavy atom. The maximum atomic E-state index is 13.2. The van der Waals surface area contributed by atoms with Crippen LogP contribution in [-0.4, -0.2) is 40.6 Å². The zero-order valence-electron chi connectivity index (χ0n) is 17.4. The number of aromatic nitrogens is 2. The van der Waals surface area contributed by atoms with Crippen LogP contribution in [0.2, 0.25) is 5.15 Å². The van der Waals surface area contributed by atoms with Crippen LogP contribution < -0.4 is 5.32 Å². The molecule has 3 aromatic rings. The molecule has 6 nitrogen and oxygen atoms in total. The third-order valence-electron chi connectivity index (χ3n) is 4.75. The predicted octanol–water partition coefficient (Wildman–Crippen LogP) is 4.00. The highest BCUT2D eigenvalue weighted by Gasteiger charge is 2.14. The van der Waals surface area contributed by atoms with E-state index >= 15 is 0 Å². The van der Waals surface area contributed by atoms with Crippen molar-refractivity contribution in [1.29, 1.82) is 0 Å². The van der Waals surface area contributed by atoms with Crippen LogP contribution in [0.4, 0.5) is 4.39 Å². The van der Waals surface area contributed by atoms with Crippen LogP contribution in [0.25, 0.3) is 11.8 Å². The van der Waals surface area contributed by atoms with Gasteiger partial charge in [-0.2, -0.15) is 5.10 Å². The van der Waals surface area contributed by atoms with Crippen molar-refractivity contribution in [3.8, 4) is 5.69 Å². The normalized spacial score (nSPS) is 11.0. The van der Waals surface area contributed by atoms with Gasteiger partial charge in [0.1, 0.15) is 11.0 Å². The van der Waals surface area contributed by atoms with E-state index in [1.807, 2.05) is 12.1 Å². The molecule has 0 aliphatic rings. The zero-order chi connectivity index (χ0) is 22.5. The second kappa shape index (κ2) is 9.57. The Kier molecular flexibility index (Phi) is 6.87. The first-order chi connectivity index (χ1) is 14.8. The molecule has 0 spiro atoms. The summed E-state index contributed by atoms with van der Waals surface area (Å²) in [7, 11) is 3.27. The van der Waals surface area contributed by atoms with E-state index in [0.29, 0.717) is 34.2 Å². The maximum Gasteiger partial charge on any atom is 0.251 e. The van der Waals surface area contributed by atoms with Crippen molar-refractivity contribution in [2.24, 2.45) is 0 Å². The molecule has 0 saturated carbocycles. The van der Waals surface area contributed by atoms with Crippen molar-refractivity contribution in [2.45, 2.75) is 13.5 Å². The van der Waals surface area contributed by atoms with Crippen molar-refractivity contribution < 1.29 is 14.0 Å². The van der Waals surface area contributed by atoms with Crippen LogP contribution in [0.5, 0.6) is 0 Å². The van der Waals surface area contributed by atoms with E-state index in [1.54, 1.807) is 56.3 Å². The molecule has 0 saturated heterocycles. The highest BCUT2D eigenvalue weighted by atomic mass is 35.5. The van der Waals surface area contributed by atoms with Gasteiger partial charge in [0, 0.05) is 37.8 Å². The SMILES string of the molecule is CNC(=O)c1ccc(CN(C)C(=O)/C=C/c2c(C)nn(-c3ccc(F)cc3)c2Cl)cc1. The molecule has 8 heteroatoms. The molecule has 0 unspecified atom stereocenters. The van der Waals surface area contributed by atoms with Gasteiger partial charge in [0.05, 0.1) is 11.4 Å². The number of nitrogens with zero attached hydrogens (tertiary/aromatic N) is 3. The Hall–Kier alpha value is -3.45.